The molecule has 0 bridgehead atoms. The molecule has 0 atom stereocenters. The molecule has 1 rings (SSSR count). The largest absolute Gasteiger partial charge is 0.497 e. The zero-order chi connectivity index (χ0) is 10.4. The minimum absolute atomic E-state index is 0.766. The van der Waals surface area contributed by atoms with Crippen LogP contribution in [0.25, 0.3) is 0 Å². The number of hydrogen-bond acceptors (Lipinski definition) is 2. The van der Waals surface area contributed by atoms with Crippen LogP contribution >= 0.6 is 0 Å². The van der Waals surface area contributed by atoms with Crippen molar-refractivity contribution in [3.05, 3.63) is 24.3 Å². The van der Waals surface area contributed by atoms with Gasteiger partial charge in [0.2, 0.25) is 0 Å². The number of ether oxygens (including phenoxy) is 1. The molecule has 0 unspecified atom stereocenters. The van der Waals surface area contributed by atoms with Crippen molar-refractivity contribution in [2.24, 2.45) is 0 Å². The molecule has 2 heteroatoms. The summed E-state index contributed by atoms with van der Waals surface area (Å²) in [7, 11) is 3.69. The number of methoxy groups -OCH3 is 1. The molecular weight excluding hydrogens is 174 g/mol. The van der Waals surface area contributed by atoms with E-state index in [1.807, 2.05) is 31.3 Å². The van der Waals surface area contributed by atoms with E-state index in [2.05, 4.69) is 10.8 Å². The lowest BCUT2D eigenvalue weighted by atomic mass is 10.2. The molecule has 0 aliphatic rings. The van der Waals surface area contributed by atoms with E-state index >= 15 is 0 Å². The fourth-order valence-electron chi connectivity index (χ4n) is 1.20. The molecule has 0 aromatic heterocycles. The predicted octanol–water partition coefficient (Wildman–Crippen LogP) is 2.15. The third-order valence-electron chi connectivity index (χ3n) is 2.10. The topological polar surface area (TPSA) is 12.5 Å². The van der Waals surface area contributed by atoms with Gasteiger partial charge in [0, 0.05) is 25.7 Å². The van der Waals surface area contributed by atoms with E-state index in [9.17, 15) is 0 Å². The van der Waals surface area contributed by atoms with E-state index in [0.29, 0.717) is 0 Å². The van der Waals surface area contributed by atoms with E-state index in [0.717, 1.165) is 24.4 Å². The lowest BCUT2D eigenvalue weighted by Gasteiger charge is -2.17. The van der Waals surface area contributed by atoms with Gasteiger partial charge in [0.1, 0.15) is 5.75 Å². The molecule has 1 aromatic rings. The number of benzene rings is 1. The second-order valence-electron chi connectivity index (χ2n) is 3.07. The lowest BCUT2D eigenvalue weighted by Crippen LogP contribution is -2.17. The van der Waals surface area contributed by atoms with Gasteiger partial charge in [0.25, 0.3) is 0 Å². The fourth-order valence-corrected chi connectivity index (χ4v) is 1.20. The van der Waals surface area contributed by atoms with Crippen LogP contribution in [0.5, 0.6) is 5.75 Å². The van der Waals surface area contributed by atoms with Crippen LogP contribution < -0.4 is 9.64 Å². The average molecular weight is 189 g/mol. The second kappa shape index (κ2) is 5.18. The summed E-state index contributed by atoms with van der Waals surface area (Å²) in [5.41, 5.74) is 1.15. The third-order valence-corrected chi connectivity index (χ3v) is 2.10. The summed E-state index contributed by atoms with van der Waals surface area (Å²) in [6.45, 7) is 0.878. The summed E-state index contributed by atoms with van der Waals surface area (Å²) in [4.78, 5) is 2.12. The maximum atomic E-state index is 5.20. The number of anilines is 1. The van der Waals surface area contributed by atoms with E-state index in [-0.39, 0.29) is 0 Å². The molecule has 14 heavy (non-hydrogen) atoms. The predicted molar refractivity (Wildman–Crippen MR) is 59.7 cm³/mol. The normalized spacial score (nSPS) is 9.21. The first-order chi connectivity index (χ1) is 6.77. The summed E-state index contributed by atoms with van der Waals surface area (Å²) in [6, 6.07) is 7.94. The molecular formula is C12H15NO. The highest BCUT2D eigenvalue weighted by Crippen LogP contribution is 2.17. The summed E-state index contributed by atoms with van der Waals surface area (Å²) in [5.74, 6) is 3.50. The zero-order valence-corrected chi connectivity index (χ0v) is 8.66. The number of hydrogen-bond donors (Lipinski definition) is 0. The Morgan fingerprint density at radius 2 is 2.00 bits per heavy atom. The van der Waals surface area contributed by atoms with Gasteiger partial charge in [0.15, 0.2) is 0 Å². The summed E-state index contributed by atoms with van der Waals surface area (Å²) in [5, 5.41) is 0. The molecule has 0 fully saturated rings. The van der Waals surface area contributed by atoms with Crippen molar-refractivity contribution >= 4 is 5.69 Å². The van der Waals surface area contributed by atoms with Gasteiger partial charge in [-0.3, -0.25) is 0 Å². The Morgan fingerprint density at radius 1 is 1.36 bits per heavy atom. The first-order valence-corrected chi connectivity index (χ1v) is 4.56. The van der Waals surface area contributed by atoms with Crippen LogP contribution in [-0.2, 0) is 0 Å². The molecule has 0 spiro atoms. The molecule has 0 aliphatic carbocycles. The van der Waals surface area contributed by atoms with E-state index < -0.39 is 0 Å². The summed E-state index contributed by atoms with van der Waals surface area (Å²) in [6.07, 6.45) is 5.97. The van der Waals surface area contributed by atoms with Crippen LogP contribution in [0.15, 0.2) is 24.3 Å². The maximum absolute atomic E-state index is 5.20. The molecule has 1 aromatic carbocycles. The second-order valence-corrected chi connectivity index (χ2v) is 3.07. The van der Waals surface area contributed by atoms with Crippen molar-refractivity contribution in [2.75, 3.05) is 25.6 Å². The third kappa shape index (κ3) is 2.70. The van der Waals surface area contributed by atoms with Crippen LogP contribution in [0, 0.1) is 12.3 Å². The highest BCUT2D eigenvalue weighted by molar-refractivity contribution is 5.48. The van der Waals surface area contributed by atoms with Crippen LogP contribution in [0.1, 0.15) is 6.42 Å². The van der Waals surface area contributed by atoms with Crippen molar-refractivity contribution in [1.29, 1.82) is 0 Å². The SMILES string of the molecule is C#CCCN(C)c1ccc(OC)cc1. The van der Waals surface area contributed by atoms with E-state index in [4.69, 9.17) is 11.2 Å². The van der Waals surface area contributed by atoms with Gasteiger partial charge in [-0.15, -0.1) is 12.3 Å². The Hall–Kier alpha value is -1.62. The smallest absolute Gasteiger partial charge is 0.119 e. The molecule has 0 radical (unpaired) electrons. The van der Waals surface area contributed by atoms with Crippen molar-refractivity contribution in [3.63, 3.8) is 0 Å². The minimum atomic E-state index is 0.766. The molecule has 2 nitrogen and oxygen atoms in total. The quantitative estimate of drug-likeness (QED) is 0.673. The Morgan fingerprint density at radius 3 is 2.50 bits per heavy atom. The van der Waals surface area contributed by atoms with Gasteiger partial charge < -0.3 is 9.64 Å². The van der Waals surface area contributed by atoms with Gasteiger partial charge in [-0.1, -0.05) is 0 Å². The van der Waals surface area contributed by atoms with Crippen LogP contribution in [0.3, 0.4) is 0 Å². The molecule has 0 saturated carbocycles. The number of terminal acetylenes is 1. The van der Waals surface area contributed by atoms with Crippen molar-refractivity contribution in [3.8, 4) is 18.1 Å². The minimum Gasteiger partial charge on any atom is -0.497 e. The first-order valence-electron chi connectivity index (χ1n) is 4.56. The molecule has 0 aliphatic heterocycles. The van der Waals surface area contributed by atoms with Gasteiger partial charge in [-0.05, 0) is 24.3 Å². The van der Waals surface area contributed by atoms with Crippen molar-refractivity contribution in [2.45, 2.75) is 6.42 Å². The standard InChI is InChI=1S/C12H15NO/c1-4-5-10-13(2)11-6-8-12(14-3)9-7-11/h1,6-9H,5,10H2,2-3H3. The molecule has 74 valence electrons. The molecule has 0 saturated heterocycles. The Kier molecular flexibility index (Phi) is 3.87. The van der Waals surface area contributed by atoms with E-state index in [1.165, 1.54) is 0 Å². The molecule has 0 heterocycles. The number of rotatable bonds is 4. The molecule has 0 amide bonds. The van der Waals surface area contributed by atoms with Gasteiger partial charge in [-0.2, -0.15) is 0 Å². The highest BCUT2D eigenvalue weighted by Gasteiger charge is 1.99. The average Bonchev–Trinajstić information content (AvgIpc) is 2.26. The zero-order valence-electron chi connectivity index (χ0n) is 8.66. The van der Waals surface area contributed by atoms with Crippen LogP contribution in [-0.4, -0.2) is 20.7 Å². The van der Waals surface area contributed by atoms with Crippen molar-refractivity contribution < 1.29 is 4.74 Å². The van der Waals surface area contributed by atoms with Crippen LogP contribution in [0.2, 0.25) is 0 Å². The summed E-state index contributed by atoms with van der Waals surface area (Å²) < 4.78 is 5.08. The maximum Gasteiger partial charge on any atom is 0.119 e. The monoisotopic (exact) mass is 189 g/mol. The molecule has 0 N–H and O–H groups in total. The highest BCUT2D eigenvalue weighted by atomic mass is 16.5. The Bertz CT molecular complexity index is 310. The Labute approximate surface area is 85.5 Å². The van der Waals surface area contributed by atoms with Gasteiger partial charge in [-0.25, -0.2) is 0 Å². The van der Waals surface area contributed by atoms with Crippen molar-refractivity contribution in [1.82, 2.24) is 0 Å². The van der Waals surface area contributed by atoms with E-state index in [1.54, 1.807) is 7.11 Å². The number of nitrogens with zero attached hydrogens (tertiary/aromatic N) is 1. The lowest BCUT2D eigenvalue weighted by molar-refractivity contribution is 0.415. The van der Waals surface area contributed by atoms with Crippen LogP contribution in [0.4, 0.5) is 5.69 Å². The fraction of sp³-hybridized carbons (Fsp3) is 0.333. The summed E-state index contributed by atoms with van der Waals surface area (Å²) >= 11 is 0. The van der Waals surface area contributed by atoms with Gasteiger partial charge in [0.05, 0.1) is 7.11 Å². The Balaban J connectivity index is 2.62. The van der Waals surface area contributed by atoms with Gasteiger partial charge >= 0.3 is 0 Å². The first kappa shape index (κ1) is 10.5.